The number of fused-ring (bicyclic) bond motifs is 1. The van der Waals surface area contributed by atoms with Gasteiger partial charge in [-0.25, -0.2) is 4.98 Å². The Bertz CT molecular complexity index is 623. The van der Waals surface area contributed by atoms with Gasteiger partial charge in [-0.2, -0.15) is 5.26 Å². The molecule has 1 aromatic carbocycles. The van der Waals surface area contributed by atoms with Crippen LogP contribution in [0.1, 0.15) is 6.42 Å². The lowest BCUT2D eigenvalue weighted by atomic mass is 10.2. The van der Waals surface area contributed by atoms with Crippen molar-refractivity contribution >= 4 is 22.5 Å². The first-order chi connectivity index (χ1) is 8.61. The summed E-state index contributed by atoms with van der Waals surface area (Å²) in [6.45, 7) is 0.242. The summed E-state index contributed by atoms with van der Waals surface area (Å²) < 4.78 is 1.94. The van der Waals surface area contributed by atoms with Crippen molar-refractivity contribution in [3.8, 4) is 6.07 Å². The summed E-state index contributed by atoms with van der Waals surface area (Å²) in [5, 5.41) is 8.46. The molecule has 2 aromatic rings. The molecule has 0 saturated carbocycles. The van der Waals surface area contributed by atoms with Gasteiger partial charge in [0, 0.05) is 19.8 Å². The molecule has 1 heterocycles. The van der Waals surface area contributed by atoms with Gasteiger partial charge in [0.05, 0.1) is 36.4 Å². The van der Waals surface area contributed by atoms with Crippen LogP contribution in [-0.2, 0) is 11.8 Å². The van der Waals surface area contributed by atoms with Gasteiger partial charge in [-0.05, 0) is 18.2 Å². The quantitative estimate of drug-likeness (QED) is 0.815. The number of rotatable bonds is 4. The van der Waals surface area contributed by atoms with Crippen LogP contribution in [0.5, 0.6) is 0 Å². The number of likely N-dealkylation sites (N-methyl/N-ethyl adjacent to an activating group) is 1. The van der Waals surface area contributed by atoms with E-state index in [2.05, 4.69) is 4.98 Å². The van der Waals surface area contributed by atoms with Crippen LogP contribution in [-0.4, -0.2) is 28.9 Å². The summed E-state index contributed by atoms with van der Waals surface area (Å²) in [4.78, 5) is 17.5. The highest BCUT2D eigenvalue weighted by Crippen LogP contribution is 2.19. The van der Waals surface area contributed by atoms with E-state index in [-0.39, 0.29) is 18.7 Å². The second-order valence-electron chi connectivity index (χ2n) is 4.26. The summed E-state index contributed by atoms with van der Waals surface area (Å²) in [5.41, 5.74) is 2.87. The van der Waals surface area contributed by atoms with Crippen molar-refractivity contribution < 1.29 is 4.79 Å². The first-order valence-electron chi connectivity index (χ1n) is 5.62. The maximum absolute atomic E-state index is 11.4. The Morgan fingerprint density at radius 3 is 3.06 bits per heavy atom. The average Bonchev–Trinajstić information content (AvgIpc) is 2.71. The number of hydrogen-bond acceptors (Lipinski definition) is 4. The lowest BCUT2D eigenvalue weighted by molar-refractivity contribution is -0.116. The molecule has 0 N–H and O–H groups in total. The number of hydrogen-bond donors (Lipinski definition) is 0. The molecule has 0 radical (unpaired) electrons. The normalized spacial score (nSPS) is 10.3. The largest absolute Gasteiger partial charge is 0.367 e. The van der Waals surface area contributed by atoms with Crippen LogP contribution >= 0.6 is 0 Å². The zero-order chi connectivity index (χ0) is 13.1. The van der Waals surface area contributed by atoms with Crippen LogP contribution in [0.4, 0.5) is 5.69 Å². The lowest BCUT2D eigenvalue weighted by Crippen LogP contribution is -2.25. The highest BCUT2D eigenvalue weighted by Gasteiger charge is 2.08. The zero-order valence-corrected chi connectivity index (χ0v) is 10.4. The van der Waals surface area contributed by atoms with Gasteiger partial charge in [-0.1, -0.05) is 0 Å². The van der Waals surface area contributed by atoms with Crippen molar-refractivity contribution in [1.82, 2.24) is 9.55 Å². The molecule has 0 aliphatic heterocycles. The predicted molar refractivity (Wildman–Crippen MR) is 69.2 cm³/mol. The van der Waals surface area contributed by atoms with Crippen LogP contribution in [0.2, 0.25) is 0 Å². The molecule has 0 spiro atoms. The molecule has 5 heteroatoms. The van der Waals surface area contributed by atoms with Crippen molar-refractivity contribution in [1.29, 1.82) is 5.26 Å². The number of aryl methyl sites for hydroxylation is 1. The number of aromatic nitrogens is 2. The number of anilines is 1. The molecule has 5 nitrogen and oxygen atoms in total. The average molecular weight is 242 g/mol. The minimum atomic E-state index is -0.0823. The predicted octanol–water partition coefficient (Wildman–Crippen LogP) is 1.49. The second kappa shape index (κ2) is 4.88. The Balaban J connectivity index is 2.20. The third-order valence-electron chi connectivity index (χ3n) is 2.84. The van der Waals surface area contributed by atoms with Gasteiger partial charge in [0.25, 0.3) is 0 Å². The van der Waals surface area contributed by atoms with Crippen molar-refractivity contribution in [2.24, 2.45) is 7.05 Å². The van der Waals surface area contributed by atoms with Gasteiger partial charge in [0.1, 0.15) is 0 Å². The minimum absolute atomic E-state index is 0.0455. The number of ketones is 1. The van der Waals surface area contributed by atoms with E-state index in [1.165, 1.54) is 0 Å². The molecule has 0 fully saturated rings. The van der Waals surface area contributed by atoms with Crippen molar-refractivity contribution in [2.45, 2.75) is 6.42 Å². The monoisotopic (exact) mass is 242 g/mol. The highest BCUT2D eigenvalue weighted by atomic mass is 16.1. The topological polar surface area (TPSA) is 61.9 Å². The van der Waals surface area contributed by atoms with Crippen LogP contribution in [0.25, 0.3) is 11.0 Å². The summed E-state index contributed by atoms with van der Waals surface area (Å²) >= 11 is 0. The van der Waals surface area contributed by atoms with Gasteiger partial charge >= 0.3 is 0 Å². The Labute approximate surface area is 105 Å². The van der Waals surface area contributed by atoms with Crippen molar-refractivity contribution in [2.75, 3.05) is 18.5 Å². The fourth-order valence-electron chi connectivity index (χ4n) is 1.86. The first kappa shape index (κ1) is 12.1. The summed E-state index contributed by atoms with van der Waals surface area (Å²) in [5.74, 6) is -0.0823. The van der Waals surface area contributed by atoms with Crippen LogP contribution in [0, 0.1) is 11.3 Å². The number of benzene rings is 1. The van der Waals surface area contributed by atoms with Gasteiger partial charge in [-0.15, -0.1) is 0 Å². The second-order valence-corrected chi connectivity index (χ2v) is 4.26. The maximum atomic E-state index is 11.4. The molecule has 0 unspecified atom stereocenters. The van der Waals surface area contributed by atoms with Crippen molar-refractivity contribution in [3.63, 3.8) is 0 Å². The van der Waals surface area contributed by atoms with E-state index >= 15 is 0 Å². The molecule has 92 valence electrons. The van der Waals surface area contributed by atoms with E-state index in [4.69, 9.17) is 5.26 Å². The molecule has 0 aliphatic carbocycles. The van der Waals surface area contributed by atoms with E-state index in [1.807, 2.05) is 47.8 Å². The Morgan fingerprint density at radius 2 is 2.33 bits per heavy atom. The zero-order valence-electron chi connectivity index (χ0n) is 10.4. The summed E-state index contributed by atoms with van der Waals surface area (Å²) in [7, 11) is 3.77. The molecule has 0 atom stereocenters. The molecule has 0 aliphatic rings. The standard InChI is InChI=1S/C13H14N4O/c1-16(8-11(18)5-6-14)10-3-4-13-12(7-10)15-9-17(13)2/h3-4,7,9H,5,8H2,1-2H3. The number of carbonyl (C=O) groups excluding carboxylic acids is 1. The Hall–Kier alpha value is -2.35. The molecule has 18 heavy (non-hydrogen) atoms. The van der Waals surface area contributed by atoms with Crippen LogP contribution in [0.15, 0.2) is 24.5 Å². The Morgan fingerprint density at radius 1 is 1.56 bits per heavy atom. The molecule has 0 saturated heterocycles. The molecule has 1 aromatic heterocycles. The highest BCUT2D eigenvalue weighted by molar-refractivity contribution is 5.86. The lowest BCUT2D eigenvalue weighted by Gasteiger charge is -2.17. The fraction of sp³-hybridized carbons (Fsp3) is 0.308. The SMILES string of the molecule is CN(CC(=O)CC#N)c1ccc2c(c1)ncn2C. The van der Waals surface area contributed by atoms with Crippen molar-refractivity contribution in [3.05, 3.63) is 24.5 Å². The minimum Gasteiger partial charge on any atom is -0.367 e. The first-order valence-corrected chi connectivity index (χ1v) is 5.62. The number of Topliss-reactive ketones (excluding diaryl/α,β-unsaturated/α-hetero) is 1. The molecular formula is C13H14N4O. The van der Waals surface area contributed by atoms with Gasteiger partial charge in [-0.3, -0.25) is 4.79 Å². The van der Waals surface area contributed by atoms with E-state index in [9.17, 15) is 4.79 Å². The Kier molecular flexibility index (Phi) is 3.28. The van der Waals surface area contributed by atoms with E-state index in [0.717, 1.165) is 16.7 Å². The number of nitriles is 1. The van der Waals surface area contributed by atoms with E-state index in [1.54, 1.807) is 6.33 Å². The van der Waals surface area contributed by atoms with E-state index in [0.29, 0.717) is 0 Å². The smallest absolute Gasteiger partial charge is 0.166 e. The molecule has 0 amide bonds. The number of carbonyl (C=O) groups is 1. The van der Waals surface area contributed by atoms with Gasteiger partial charge in [0.2, 0.25) is 0 Å². The third-order valence-corrected chi connectivity index (χ3v) is 2.84. The molecule has 2 rings (SSSR count). The van der Waals surface area contributed by atoms with Crippen LogP contribution in [0.3, 0.4) is 0 Å². The number of nitrogens with zero attached hydrogens (tertiary/aromatic N) is 4. The summed E-state index contributed by atoms with van der Waals surface area (Å²) in [6, 6.07) is 7.73. The fourth-order valence-corrected chi connectivity index (χ4v) is 1.86. The molecular weight excluding hydrogens is 228 g/mol. The van der Waals surface area contributed by atoms with Gasteiger partial charge < -0.3 is 9.47 Å². The van der Waals surface area contributed by atoms with Crippen LogP contribution < -0.4 is 4.90 Å². The number of imidazole rings is 1. The third kappa shape index (κ3) is 2.33. The summed E-state index contributed by atoms with van der Waals surface area (Å²) in [6.07, 6.45) is 1.71. The maximum Gasteiger partial charge on any atom is 0.166 e. The van der Waals surface area contributed by atoms with E-state index < -0.39 is 0 Å². The van der Waals surface area contributed by atoms with Gasteiger partial charge in [0.15, 0.2) is 5.78 Å². The molecule has 0 bridgehead atoms.